The molecule has 1 N–H and O–H groups in total. The number of hydrogen-bond donors (Lipinski definition) is 1. The molecule has 1 aromatic carbocycles. The Kier molecular flexibility index (Phi) is 4.49. The Hall–Kier alpha value is -1.58. The van der Waals surface area contributed by atoms with E-state index in [-0.39, 0.29) is 16.7 Å². The summed E-state index contributed by atoms with van der Waals surface area (Å²) in [4.78, 5) is 10.6. The molecule has 1 aromatic rings. The molecule has 17 heavy (non-hydrogen) atoms. The van der Waals surface area contributed by atoms with Gasteiger partial charge in [0.2, 0.25) is 0 Å². The van der Waals surface area contributed by atoms with Crippen LogP contribution in [0.25, 0.3) is 0 Å². The molecule has 4 heteroatoms. The third-order valence-electron chi connectivity index (χ3n) is 3.23. The molecule has 0 aliphatic heterocycles. The van der Waals surface area contributed by atoms with Gasteiger partial charge in [0, 0.05) is 12.1 Å². The molecule has 0 saturated carbocycles. The number of benzene rings is 1. The van der Waals surface area contributed by atoms with Crippen LogP contribution in [0.5, 0.6) is 0 Å². The first kappa shape index (κ1) is 13.5. The summed E-state index contributed by atoms with van der Waals surface area (Å²) < 4.78 is 0. The lowest BCUT2D eigenvalue weighted by Crippen LogP contribution is -2.23. The average molecular weight is 236 g/mol. The SMILES string of the molecule is CCC(C)C(C)Nc1ccc(C)cc1[N+](=O)[O-]. The highest BCUT2D eigenvalue weighted by Crippen LogP contribution is 2.27. The van der Waals surface area contributed by atoms with Gasteiger partial charge in [-0.25, -0.2) is 0 Å². The fourth-order valence-electron chi connectivity index (χ4n) is 1.66. The van der Waals surface area contributed by atoms with E-state index < -0.39 is 0 Å². The second-order valence-corrected chi connectivity index (χ2v) is 4.60. The van der Waals surface area contributed by atoms with Crippen molar-refractivity contribution in [2.24, 2.45) is 5.92 Å². The fourth-order valence-corrected chi connectivity index (χ4v) is 1.66. The maximum absolute atomic E-state index is 11.0. The number of nitrogens with one attached hydrogen (secondary N) is 1. The van der Waals surface area contributed by atoms with Gasteiger partial charge in [0.05, 0.1) is 4.92 Å². The first-order chi connectivity index (χ1) is 7.95. The maximum atomic E-state index is 11.0. The van der Waals surface area contributed by atoms with E-state index in [1.165, 1.54) is 0 Å². The van der Waals surface area contributed by atoms with E-state index in [1.54, 1.807) is 12.1 Å². The standard InChI is InChI=1S/C13H20N2O2/c1-5-10(3)11(4)14-12-7-6-9(2)8-13(12)15(16)17/h6-8,10-11,14H,5H2,1-4H3. The number of anilines is 1. The van der Waals surface area contributed by atoms with Crippen LogP contribution in [-0.2, 0) is 0 Å². The van der Waals surface area contributed by atoms with Gasteiger partial charge < -0.3 is 5.32 Å². The van der Waals surface area contributed by atoms with Gasteiger partial charge in [0.25, 0.3) is 5.69 Å². The molecule has 0 amide bonds. The van der Waals surface area contributed by atoms with Crippen LogP contribution < -0.4 is 5.32 Å². The van der Waals surface area contributed by atoms with Gasteiger partial charge in [0.1, 0.15) is 5.69 Å². The summed E-state index contributed by atoms with van der Waals surface area (Å²) in [6.45, 7) is 8.16. The lowest BCUT2D eigenvalue weighted by atomic mass is 10.0. The van der Waals surface area contributed by atoms with Crippen molar-refractivity contribution in [3.63, 3.8) is 0 Å². The fraction of sp³-hybridized carbons (Fsp3) is 0.538. The first-order valence-electron chi connectivity index (χ1n) is 5.97. The Morgan fingerprint density at radius 1 is 1.41 bits per heavy atom. The van der Waals surface area contributed by atoms with Crippen LogP contribution in [-0.4, -0.2) is 11.0 Å². The van der Waals surface area contributed by atoms with Crippen molar-refractivity contribution < 1.29 is 4.92 Å². The van der Waals surface area contributed by atoms with Crippen LogP contribution in [0.3, 0.4) is 0 Å². The van der Waals surface area contributed by atoms with Crippen LogP contribution in [0.15, 0.2) is 18.2 Å². The van der Waals surface area contributed by atoms with Crippen molar-refractivity contribution in [3.8, 4) is 0 Å². The van der Waals surface area contributed by atoms with Gasteiger partial charge in [-0.15, -0.1) is 0 Å². The third-order valence-corrected chi connectivity index (χ3v) is 3.23. The van der Waals surface area contributed by atoms with Crippen LogP contribution in [0.4, 0.5) is 11.4 Å². The van der Waals surface area contributed by atoms with Crippen molar-refractivity contribution in [3.05, 3.63) is 33.9 Å². The molecular weight excluding hydrogens is 216 g/mol. The normalized spacial score (nSPS) is 14.1. The Morgan fingerprint density at radius 3 is 2.59 bits per heavy atom. The van der Waals surface area contributed by atoms with E-state index in [0.717, 1.165) is 12.0 Å². The first-order valence-corrected chi connectivity index (χ1v) is 5.97. The van der Waals surface area contributed by atoms with E-state index >= 15 is 0 Å². The van der Waals surface area contributed by atoms with Gasteiger partial charge in [-0.2, -0.15) is 0 Å². The predicted octanol–water partition coefficient (Wildman–Crippen LogP) is 3.75. The summed E-state index contributed by atoms with van der Waals surface area (Å²) in [6, 6.07) is 5.50. The number of rotatable bonds is 5. The minimum absolute atomic E-state index is 0.153. The lowest BCUT2D eigenvalue weighted by molar-refractivity contribution is -0.384. The molecule has 4 nitrogen and oxygen atoms in total. The number of nitro groups is 1. The molecule has 0 aliphatic rings. The smallest absolute Gasteiger partial charge is 0.292 e. The highest BCUT2D eigenvalue weighted by atomic mass is 16.6. The molecule has 1 rings (SSSR count). The lowest BCUT2D eigenvalue weighted by Gasteiger charge is -2.21. The minimum atomic E-state index is -0.335. The van der Waals surface area contributed by atoms with Gasteiger partial charge in [-0.3, -0.25) is 10.1 Å². The summed E-state index contributed by atoms with van der Waals surface area (Å²) in [5.41, 5.74) is 1.66. The summed E-state index contributed by atoms with van der Waals surface area (Å²) in [6.07, 6.45) is 1.05. The number of nitrogens with zero attached hydrogens (tertiary/aromatic N) is 1. The van der Waals surface area contributed by atoms with E-state index in [2.05, 4.69) is 26.1 Å². The average Bonchev–Trinajstić information content (AvgIpc) is 2.29. The van der Waals surface area contributed by atoms with Crippen molar-refractivity contribution >= 4 is 11.4 Å². The summed E-state index contributed by atoms with van der Waals surface area (Å²) in [5, 5.41) is 14.2. The van der Waals surface area contributed by atoms with Gasteiger partial charge in [-0.1, -0.05) is 26.3 Å². The zero-order valence-corrected chi connectivity index (χ0v) is 10.9. The van der Waals surface area contributed by atoms with Gasteiger partial charge in [-0.05, 0) is 31.4 Å². The van der Waals surface area contributed by atoms with E-state index in [0.29, 0.717) is 11.6 Å². The Labute approximate surface area is 102 Å². The molecule has 2 atom stereocenters. The van der Waals surface area contributed by atoms with Crippen molar-refractivity contribution in [2.75, 3.05) is 5.32 Å². The van der Waals surface area contributed by atoms with Crippen molar-refractivity contribution in [1.29, 1.82) is 0 Å². The molecule has 94 valence electrons. The third kappa shape index (κ3) is 3.44. The monoisotopic (exact) mass is 236 g/mol. The highest BCUT2D eigenvalue weighted by molar-refractivity contribution is 5.62. The zero-order chi connectivity index (χ0) is 13.0. The molecular formula is C13H20N2O2. The molecule has 0 aromatic heterocycles. The molecule has 0 bridgehead atoms. The number of aryl methyl sites for hydroxylation is 1. The summed E-state index contributed by atoms with van der Waals surface area (Å²) in [5.74, 6) is 0.482. The highest BCUT2D eigenvalue weighted by Gasteiger charge is 2.17. The molecule has 0 radical (unpaired) electrons. The Balaban J connectivity index is 2.94. The molecule has 0 spiro atoms. The summed E-state index contributed by atoms with van der Waals surface area (Å²) in [7, 11) is 0. The second kappa shape index (κ2) is 5.66. The van der Waals surface area contributed by atoms with Gasteiger partial charge in [0.15, 0.2) is 0 Å². The van der Waals surface area contributed by atoms with Gasteiger partial charge >= 0.3 is 0 Å². The zero-order valence-electron chi connectivity index (χ0n) is 10.9. The molecule has 0 aliphatic carbocycles. The maximum Gasteiger partial charge on any atom is 0.292 e. The Morgan fingerprint density at radius 2 is 2.06 bits per heavy atom. The Bertz CT molecular complexity index is 404. The molecule has 0 heterocycles. The second-order valence-electron chi connectivity index (χ2n) is 4.60. The largest absolute Gasteiger partial charge is 0.377 e. The van der Waals surface area contributed by atoms with E-state index in [4.69, 9.17) is 0 Å². The van der Waals surface area contributed by atoms with E-state index in [1.807, 2.05) is 13.0 Å². The minimum Gasteiger partial charge on any atom is -0.377 e. The van der Waals surface area contributed by atoms with Crippen molar-refractivity contribution in [2.45, 2.75) is 40.2 Å². The topological polar surface area (TPSA) is 55.2 Å². The van der Waals surface area contributed by atoms with Crippen LogP contribution in [0.2, 0.25) is 0 Å². The molecule has 0 saturated heterocycles. The number of nitro benzene ring substituents is 1. The van der Waals surface area contributed by atoms with E-state index in [9.17, 15) is 10.1 Å². The molecule has 0 fully saturated rings. The molecule has 2 unspecified atom stereocenters. The van der Waals surface area contributed by atoms with Crippen LogP contribution >= 0.6 is 0 Å². The summed E-state index contributed by atoms with van der Waals surface area (Å²) >= 11 is 0. The number of hydrogen-bond acceptors (Lipinski definition) is 3. The van der Waals surface area contributed by atoms with Crippen LogP contribution in [0, 0.1) is 23.0 Å². The van der Waals surface area contributed by atoms with Crippen LogP contribution in [0.1, 0.15) is 32.8 Å². The quantitative estimate of drug-likeness (QED) is 0.625. The predicted molar refractivity (Wildman–Crippen MR) is 70.4 cm³/mol. The van der Waals surface area contributed by atoms with Crippen molar-refractivity contribution in [1.82, 2.24) is 0 Å².